The van der Waals surface area contributed by atoms with Crippen LogP contribution in [0.4, 0.5) is 0 Å². The van der Waals surface area contributed by atoms with Crippen LogP contribution in [0.25, 0.3) is 0 Å². The molecule has 92 valence electrons. The van der Waals surface area contributed by atoms with E-state index in [9.17, 15) is 4.79 Å². The summed E-state index contributed by atoms with van der Waals surface area (Å²) in [6, 6.07) is 2.35. The van der Waals surface area contributed by atoms with Gasteiger partial charge >= 0.3 is 0 Å². The summed E-state index contributed by atoms with van der Waals surface area (Å²) in [5.41, 5.74) is 2.70. The van der Waals surface area contributed by atoms with Crippen LogP contribution in [0.1, 0.15) is 35.4 Å². The maximum atomic E-state index is 11.5. The van der Waals surface area contributed by atoms with Gasteiger partial charge in [0.2, 0.25) is 0 Å². The van der Waals surface area contributed by atoms with Crippen molar-refractivity contribution >= 4 is 5.91 Å². The minimum Gasteiger partial charge on any atom is -0.467 e. The highest BCUT2D eigenvalue weighted by Gasteiger charge is 2.38. The summed E-state index contributed by atoms with van der Waals surface area (Å²) >= 11 is 0. The highest BCUT2D eigenvalue weighted by Crippen LogP contribution is 2.38. The smallest absolute Gasteiger partial charge is 0.268 e. The van der Waals surface area contributed by atoms with E-state index >= 15 is 0 Å². The third kappa shape index (κ3) is 1.85. The molecule has 0 spiro atoms. The number of rotatable bonds is 3. The number of amides is 1. The summed E-state index contributed by atoms with van der Waals surface area (Å²) < 4.78 is 5.40. The Morgan fingerprint density at radius 1 is 1.59 bits per heavy atom. The number of carbonyl (C=O) groups excluding carboxylic acids is 1. The van der Waals surface area contributed by atoms with Crippen LogP contribution < -0.4 is 11.3 Å². The van der Waals surface area contributed by atoms with Crippen LogP contribution in [0.2, 0.25) is 0 Å². The molecule has 17 heavy (non-hydrogen) atoms. The number of nitrogens with two attached hydrogens (primary N) is 1. The Hall–Kier alpha value is -1.33. The fourth-order valence-corrected chi connectivity index (χ4v) is 3.15. The number of likely N-dealkylation sites (tertiary alicyclic amines) is 1. The Bertz CT molecular complexity index is 429. The fraction of sp³-hybridized carbons (Fsp3) is 0.583. The third-order valence-corrected chi connectivity index (χ3v) is 3.99. The van der Waals surface area contributed by atoms with E-state index in [2.05, 4.69) is 10.3 Å². The van der Waals surface area contributed by atoms with Crippen LogP contribution in [0.5, 0.6) is 0 Å². The molecule has 5 nitrogen and oxygen atoms in total. The summed E-state index contributed by atoms with van der Waals surface area (Å²) in [5.74, 6) is 6.44. The van der Waals surface area contributed by atoms with Crippen LogP contribution in [0, 0.1) is 5.92 Å². The lowest BCUT2D eigenvalue weighted by atomic mass is 10.1. The average molecular weight is 235 g/mol. The van der Waals surface area contributed by atoms with Gasteiger partial charge in [-0.15, -0.1) is 0 Å². The first-order chi connectivity index (χ1) is 8.28. The van der Waals surface area contributed by atoms with Gasteiger partial charge in [0.25, 0.3) is 5.91 Å². The minimum absolute atomic E-state index is 0.280. The normalized spacial score (nSPS) is 27.6. The average Bonchev–Trinajstić information content (AvgIpc) is 3.03. The van der Waals surface area contributed by atoms with Crippen molar-refractivity contribution in [2.24, 2.45) is 11.8 Å². The summed E-state index contributed by atoms with van der Waals surface area (Å²) in [4.78, 5) is 13.9. The molecular weight excluding hydrogens is 218 g/mol. The van der Waals surface area contributed by atoms with Crippen LogP contribution >= 0.6 is 0 Å². The highest BCUT2D eigenvalue weighted by molar-refractivity contribution is 5.94. The maximum absolute atomic E-state index is 11.5. The maximum Gasteiger partial charge on any atom is 0.268 e. The molecular formula is C12H17N3O2. The third-order valence-electron chi connectivity index (χ3n) is 3.99. The number of hydrazine groups is 1. The molecule has 1 aromatic heterocycles. The number of nitrogen functional groups attached to an aromatic ring is 1. The second-order valence-electron chi connectivity index (χ2n) is 4.99. The van der Waals surface area contributed by atoms with Gasteiger partial charge in [-0.05, 0) is 31.2 Å². The lowest BCUT2D eigenvalue weighted by molar-refractivity contribution is 0.0948. The van der Waals surface area contributed by atoms with Crippen LogP contribution in [0.15, 0.2) is 16.7 Å². The molecule has 2 heterocycles. The molecule has 3 rings (SSSR count). The number of hydrogen-bond acceptors (Lipinski definition) is 4. The predicted octanol–water partition coefficient (Wildman–Crippen LogP) is 0.867. The van der Waals surface area contributed by atoms with Gasteiger partial charge in [0.05, 0.1) is 18.4 Å². The molecule has 5 heteroatoms. The first-order valence-corrected chi connectivity index (χ1v) is 6.09. The molecule has 2 unspecified atom stereocenters. The van der Waals surface area contributed by atoms with E-state index in [1.807, 2.05) is 0 Å². The van der Waals surface area contributed by atoms with Crippen molar-refractivity contribution in [3.05, 3.63) is 23.7 Å². The zero-order valence-electron chi connectivity index (χ0n) is 9.69. The molecule has 2 aliphatic rings. The number of nitrogens with zero attached hydrogens (tertiary/aromatic N) is 1. The molecule has 3 N–H and O–H groups in total. The molecule has 2 bridgehead atoms. The van der Waals surface area contributed by atoms with Gasteiger partial charge in [-0.1, -0.05) is 0 Å². The summed E-state index contributed by atoms with van der Waals surface area (Å²) in [5, 5.41) is 0. The summed E-state index contributed by atoms with van der Waals surface area (Å²) in [6.45, 7) is 1.85. The van der Waals surface area contributed by atoms with Crippen molar-refractivity contribution in [2.45, 2.75) is 31.8 Å². The zero-order valence-corrected chi connectivity index (χ0v) is 9.69. The standard InChI is InChI=1S/C12H17N3O2/c13-14-12(16)10-3-4-17-11(10)7-15-6-8-1-2-9(15)5-8/h3-4,8-9H,1-2,5-7,13H2,(H,14,16). The van der Waals surface area contributed by atoms with E-state index in [0.717, 1.165) is 24.8 Å². The Morgan fingerprint density at radius 2 is 2.47 bits per heavy atom. The highest BCUT2D eigenvalue weighted by atomic mass is 16.3. The summed E-state index contributed by atoms with van der Waals surface area (Å²) in [7, 11) is 0. The molecule has 1 saturated carbocycles. The lowest BCUT2D eigenvalue weighted by Gasteiger charge is -2.25. The van der Waals surface area contributed by atoms with Gasteiger partial charge in [-0.3, -0.25) is 15.1 Å². The van der Waals surface area contributed by atoms with Crippen molar-refractivity contribution < 1.29 is 9.21 Å². The Balaban J connectivity index is 1.73. The van der Waals surface area contributed by atoms with Gasteiger partial charge in [-0.2, -0.15) is 0 Å². The van der Waals surface area contributed by atoms with Crippen molar-refractivity contribution in [3.8, 4) is 0 Å². The molecule has 1 aromatic rings. The van der Waals surface area contributed by atoms with Gasteiger partial charge < -0.3 is 4.42 Å². The summed E-state index contributed by atoms with van der Waals surface area (Å²) in [6.07, 6.45) is 5.49. The first-order valence-electron chi connectivity index (χ1n) is 6.09. The van der Waals surface area contributed by atoms with Gasteiger partial charge in [-0.25, -0.2) is 5.84 Å². The van der Waals surface area contributed by atoms with Gasteiger partial charge in [0.15, 0.2) is 0 Å². The largest absolute Gasteiger partial charge is 0.467 e. The molecule has 1 aliphatic heterocycles. The van der Waals surface area contributed by atoms with Crippen LogP contribution in [-0.2, 0) is 6.54 Å². The second-order valence-corrected chi connectivity index (χ2v) is 4.99. The quantitative estimate of drug-likeness (QED) is 0.463. The SMILES string of the molecule is NNC(=O)c1ccoc1CN1CC2CCC1C2. The van der Waals surface area contributed by atoms with E-state index in [0.29, 0.717) is 11.6 Å². The van der Waals surface area contributed by atoms with Crippen molar-refractivity contribution in [1.29, 1.82) is 0 Å². The second kappa shape index (κ2) is 4.16. The van der Waals surface area contributed by atoms with Crippen molar-refractivity contribution in [1.82, 2.24) is 10.3 Å². The molecule has 2 fully saturated rings. The first kappa shape index (κ1) is 10.8. The number of furan rings is 1. The number of nitrogens with one attached hydrogen (secondary N) is 1. The van der Waals surface area contributed by atoms with E-state index in [-0.39, 0.29) is 5.91 Å². The van der Waals surface area contributed by atoms with Crippen molar-refractivity contribution in [3.63, 3.8) is 0 Å². The topological polar surface area (TPSA) is 71.5 Å². The monoisotopic (exact) mass is 235 g/mol. The number of fused-ring (bicyclic) bond motifs is 2. The molecule has 0 aromatic carbocycles. The van der Waals surface area contributed by atoms with E-state index in [4.69, 9.17) is 10.3 Å². The Morgan fingerprint density at radius 3 is 3.12 bits per heavy atom. The number of hydrogen-bond donors (Lipinski definition) is 2. The predicted molar refractivity (Wildman–Crippen MR) is 61.9 cm³/mol. The van der Waals surface area contributed by atoms with E-state index in [1.54, 1.807) is 12.3 Å². The molecule has 0 radical (unpaired) electrons. The fourth-order valence-electron chi connectivity index (χ4n) is 3.15. The van der Waals surface area contributed by atoms with Gasteiger partial charge in [0.1, 0.15) is 5.76 Å². The lowest BCUT2D eigenvalue weighted by Crippen LogP contribution is -2.33. The number of piperidine rings is 1. The number of carbonyl (C=O) groups is 1. The Labute approximate surface area is 99.9 Å². The molecule has 1 saturated heterocycles. The van der Waals surface area contributed by atoms with Crippen LogP contribution in [0.3, 0.4) is 0 Å². The van der Waals surface area contributed by atoms with E-state index < -0.39 is 0 Å². The molecule has 1 amide bonds. The zero-order chi connectivity index (χ0) is 11.8. The van der Waals surface area contributed by atoms with Crippen molar-refractivity contribution in [2.75, 3.05) is 6.54 Å². The van der Waals surface area contributed by atoms with Gasteiger partial charge in [0, 0.05) is 12.6 Å². The Kier molecular flexibility index (Phi) is 2.64. The minimum atomic E-state index is -0.280. The molecule has 1 aliphatic carbocycles. The van der Waals surface area contributed by atoms with E-state index in [1.165, 1.54) is 19.3 Å². The molecule has 2 atom stereocenters. The van der Waals surface area contributed by atoms with Crippen LogP contribution in [-0.4, -0.2) is 23.4 Å².